The predicted molar refractivity (Wildman–Crippen MR) is 106 cm³/mol. The van der Waals surface area contributed by atoms with Crippen LogP contribution in [0.3, 0.4) is 0 Å². The number of hydrogen-bond acceptors (Lipinski definition) is 6. The zero-order valence-corrected chi connectivity index (χ0v) is 16.1. The summed E-state index contributed by atoms with van der Waals surface area (Å²) in [7, 11) is 1.40. The van der Waals surface area contributed by atoms with Crippen molar-refractivity contribution in [1.82, 2.24) is 10.2 Å². The molecule has 0 saturated carbocycles. The van der Waals surface area contributed by atoms with E-state index in [0.29, 0.717) is 5.56 Å². The Morgan fingerprint density at radius 2 is 1.83 bits per heavy atom. The van der Waals surface area contributed by atoms with E-state index in [2.05, 4.69) is 5.32 Å². The maximum atomic E-state index is 12.8. The van der Waals surface area contributed by atoms with E-state index in [4.69, 9.17) is 15.2 Å². The lowest BCUT2D eigenvalue weighted by Crippen LogP contribution is -2.53. The van der Waals surface area contributed by atoms with Gasteiger partial charge in [-0.05, 0) is 29.3 Å². The van der Waals surface area contributed by atoms with Gasteiger partial charge in [-0.15, -0.1) is 0 Å². The van der Waals surface area contributed by atoms with Crippen molar-refractivity contribution >= 4 is 29.8 Å². The number of barbiturate groups is 1. The number of imide groups is 2. The number of nitrogens with zero attached hydrogens (tertiary/aromatic N) is 1. The zero-order chi connectivity index (χ0) is 21.7. The molecule has 154 valence electrons. The van der Waals surface area contributed by atoms with Crippen molar-refractivity contribution in [3.63, 3.8) is 0 Å². The number of hydrogen-bond donors (Lipinski definition) is 2. The number of nitrogens with two attached hydrogens (primary N) is 1. The number of benzene rings is 2. The number of amides is 5. The first kappa shape index (κ1) is 20.6. The van der Waals surface area contributed by atoms with Gasteiger partial charge in [0, 0.05) is 0 Å². The van der Waals surface area contributed by atoms with Gasteiger partial charge in [-0.1, -0.05) is 36.4 Å². The van der Waals surface area contributed by atoms with Crippen molar-refractivity contribution < 1.29 is 28.7 Å². The van der Waals surface area contributed by atoms with Crippen LogP contribution >= 0.6 is 0 Å². The van der Waals surface area contributed by atoms with Crippen LogP contribution in [0, 0.1) is 0 Å². The quantitative estimate of drug-likeness (QED) is 0.523. The summed E-state index contributed by atoms with van der Waals surface area (Å²) in [4.78, 5) is 49.1. The van der Waals surface area contributed by atoms with Crippen LogP contribution < -0.4 is 20.5 Å². The van der Waals surface area contributed by atoms with Gasteiger partial charge in [0.05, 0.1) is 13.7 Å². The van der Waals surface area contributed by atoms with Gasteiger partial charge < -0.3 is 15.2 Å². The van der Waals surface area contributed by atoms with Crippen LogP contribution in [-0.2, 0) is 20.9 Å². The number of methoxy groups -OCH3 is 1. The average molecular weight is 409 g/mol. The molecule has 1 saturated heterocycles. The fraction of sp³-hybridized carbons (Fsp3) is 0.143. The topological polar surface area (TPSA) is 128 Å². The molecule has 0 radical (unpaired) electrons. The number of rotatable bonds is 7. The van der Waals surface area contributed by atoms with Crippen LogP contribution in [0.1, 0.15) is 11.1 Å². The van der Waals surface area contributed by atoms with Gasteiger partial charge in [-0.25, -0.2) is 4.79 Å². The third-order valence-electron chi connectivity index (χ3n) is 4.24. The van der Waals surface area contributed by atoms with Crippen LogP contribution in [0.4, 0.5) is 4.79 Å². The molecule has 9 nitrogen and oxygen atoms in total. The van der Waals surface area contributed by atoms with Crippen molar-refractivity contribution in [3.8, 4) is 11.5 Å². The minimum Gasteiger partial charge on any atom is -0.493 e. The number of ether oxygens (including phenoxy) is 2. The van der Waals surface area contributed by atoms with E-state index in [1.807, 2.05) is 6.07 Å². The van der Waals surface area contributed by atoms with E-state index in [9.17, 15) is 19.2 Å². The summed E-state index contributed by atoms with van der Waals surface area (Å²) in [5.74, 6) is -1.58. The molecule has 3 rings (SSSR count). The molecule has 5 amide bonds. The Morgan fingerprint density at radius 3 is 2.50 bits per heavy atom. The maximum Gasteiger partial charge on any atom is 0.331 e. The lowest BCUT2D eigenvalue weighted by Gasteiger charge is -2.26. The maximum absolute atomic E-state index is 12.8. The van der Waals surface area contributed by atoms with E-state index >= 15 is 0 Å². The van der Waals surface area contributed by atoms with Crippen molar-refractivity contribution in [2.24, 2.45) is 5.73 Å². The second kappa shape index (κ2) is 8.91. The van der Waals surface area contributed by atoms with E-state index in [1.165, 1.54) is 25.3 Å². The molecule has 0 atom stereocenters. The molecule has 9 heteroatoms. The molecule has 0 unspecified atom stereocenters. The molecule has 0 spiro atoms. The molecule has 3 N–H and O–H groups in total. The minimum absolute atomic E-state index is 0.0271. The zero-order valence-electron chi connectivity index (χ0n) is 16.1. The molecule has 1 aliphatic heterocycles. The molecule has 0 bridgehead atoms. The summed E-state index contributed by atoms with van der Waals surface area (Å²) in [6.07, 6.45) is 1.35. The van der Waals surface area contributed by atoms with Gasteiger partial charge in [-0.2, -0.15) is 0 Å². The van der Waals surface area contributed by atoms with Crippen LogP contribution in [0.5, 0.6) is 11.5 Å². The Hall–Kier alpha value is -4.14. The lowest BCUT2D eigenvalue weighted by atomic mass is 10.1. The number of primary amides is 1. The molecular weight excluding hydrogens is 390 g/mol. The molecule has 30 heavy (non-hydrogen) atoms. The summed E-state index contributed by atoms with van der Waals surface area (Å²) in [5.41, 5.74) is 6.08. The number of carbonyl (C=O) groups excluding carboxylic acids is 4. The van der Waals surface area contributed by atoms with Crippen molar-refractivity contribution in [2.45, 2.75) is 6.54 Å². The smallest absolute Gasteiger partial charge is 0.331 e. The predicted octanol–water partition coefficient (Wildman–Crippen LogP) is 1.22. The van der Waals surface area contributed by atoms with Gasteiger partial charge in [0.1, 0.15) is 5.57 Å². The number of nitrogens with one attached hydrogen (secondary N) is 1. The van der Waals surface area contributed by atoms with Gasteiger partial charge in [0.2, 0.25) is 0 Å². The molecule has 0 aliphatic carbocycles. The number of carbonyl (C=O) groups is 4. The summed E-state index contributed by atoms with van der Waals surface area (Å²) >= 11 is 0. The second-order valence-electron chi connectivity index (χ2n) is 6.36. The highest BCUT2D eigenvalue weighted by Crippen LogP contribution is 2.29. The Labute approximate surface area is 172 Å². The lowest BCUT2D eigenvalue weighted by molar-refractivity contribution is -0.130. The third-order valence-corrected chi connectivity index (χ3v) is 4.24. The summed E-state index contributed by atoms with van der Waals surface area (Å²) in [6.45, 7) is -0.298. The standard InChI is InChI=1S/C21H19N3O6/c1-29-17-10-14(7-8-16(17)30-12-18(22)25)9-15-19(26)23-21(28)24(20(15)27)11-13-5-3-2-4-6-13/h2-10H,11-12H2,1H3,(H2,22,25)(H,23,26,28)/b15-9-. The SMILES string of the molecule is COc1cc(/C=C2/C(=O)NC(=O)N(Cc3ccccc3)C2=O)ccc1OCC(N)=O. The van der Waals surface area contributed by atoms with Crippen LogP contribution in [-0.4, -0.2) is 42.4 Å². The van der Waals surface area contributed by atoms with E-state index < -0.39 is 23.8 Å². The van der Waals surface area contributed by atoms with Crippen molar-refractivity contribution in [2.75, 3.05) is 13.7 Å². The number of urea groups is 1. The molecule has 1 fully saturated rings. The Balaban J connectivity index is 1.87. The molecule has 1 aliphatic rings. The largest absolute Gasteiger partial charge is 0.493 e. The minimum atomic E-state index is -0.790. The van der Waals surface area contributed by atoms with Crippen LogP contribution in [0.2, 0.25) is 0 Å². The highest BCUT2D eigenvalue weighted by atomic mass is 16.5. The summed E-state index contributed by atoms with van der Waals surface area (Å²) in [5, 5.41) is 2.17. The molecule has 2 aromatic rings. The first-order valence-electron chi connectivity index (χ1n) is 8.91. The van der Waals surface area contributed by atoms with Gasteiger partial charge in [0.15, 0.2) is 18.1 Å². The summed E-state index contributed by atoms with van der Waals surface area (Å²) in [6, 6.07) is 12.8. The van der Waals surface area contributed by atoms with Crippen molar-refractivity contribution in [1.29, 1.82) is 0 Å². The highest BCUT2D eigenvalue weighted by Gasteiger charge is 2.35. The Bertz CT molecular complexity index is 1030. The first-order chi connectivity index (χ1) is 14.4. The highest BCUT2D eigenvalue weighted by molar-refractivity contribution is 6.30. The second-order valence-corrected chi connectivity index (χ2v) is 6.36. The average Bonchev–Trinajstić information content (AvgIpc) is 2.73. The molecular formula is C21H19N3O6. The monoisotopic (exact) mass is 409 g/mol. The third kappa shape index (κ3) is 4.64. The van der Waals surface area contributed by atoms with E-state index in [1.54, 1.807) is 30.3 Å². The van der Waals surface area contributed by atoms with Crippen molar-refractivity contribution in [3.05, 3.63) is 65.2 Å². The first-order valence-corrected chi connectivity index (χ1v) is 8.91. The fourth-order valence-corrected chi connectivity index (χ4v) is 2.81. The van der Waals surface area contributed by atoms with Gasteiger partial charge in [-0.3, -0.25) is 24.6 Å². The van der Waals surface area contributed by atoms with Crippen LogP contribution in [0.25, 0.3) is 6.08 Å². The van der Waals surface area contributed by atoms with Gasteiger partial charge >= 0.3 is 6.03 Å². The normalized spacial score (nSPS) is 15.2. The Morgan fingerprint density at radius 1 is 1.10 bits per heavy atom. The van der Waals surface area contributed by atoms with Gasteiger partial charge in [0.25, 0.3) is 17.7 Å². The van der Waals surface area contributed by atoms with E-state index in [0.717, 1.165) is 10.5 Å². The molecule has 0 aromatic heterocycles. The fourth-order valence-electron chi connectivity index (χ4n) is 2.81. The van der Waals surface area contributed by atoms with Crippen LogP contribution in [0.15, 0.2) is 54.1 Å². The summed E-state index contributed by atoms with van der Waals surface area (Å²) < 4.78 is 10.5. The Kier molecular flexibility index (Phi) is 6.11. The molecule has 2 aromatic carbocycles. The molecule has 1 heterocycles. The van der Waals surface area contributed by atoms with E-state index in [-0.39, 0.29) is 30.2 Å².